The highest BCUT2D eigenvalue weighted by molar-refractivity contribution is 5.96. The highest BCUT2D eigenvalue weighted by Crippen LogP contribution is 2.32. The van der Waals surface area contributed by atoms with Gasteiger partial charge in [0.2, 0.25) is 11.8 Å². The standard InChI is InChI=1S/C26H30F2N4O2/c1-16(29-23(33)15-25(2,3)17-9-7-6-8-10-17)24(34)30-22-14-21(31-32-22)26(4,5)18-11-19(27)13-20(28)12-18/h6-14,16H,15H2,1-5H3,(H,29,33)(H2,30,31,32,34). The van der Waals surface area contributed by atoms with Crippen molar-refractivity contribution in [1.29, 1.82) is 0 Å². The van der Waals surface area contributed by atoms with E-state index in [1.54, 1.807) is 26.8 Å². The van der Waals surface area contributed by atoms with E-state index in [2.05, 4.69) is 20.8 Å². The fourth-order valence-electron chi connectivity index (χ4n) is 3.76. The Labute approximate surface area is 198 Å². The lowest BCUT2D eigenvalue weighted by Crippen LogP contribution is -2.43. The number of anilines is 1. The van der Waals surface area contributed by atoms with Crippen LogP contribution in [0.4, 0.5) is 14.6 Å². The third-order valence-corrected chi connectivity index (χ3v) is 6.02. The highest BCUT2D eigenvalue weighted by Gasteiger charge is 2.28. The molecule has 0 bridgehead atoms. The molecule has 3 N–H and O–H groups in total. The van der Waals surface area contributed by atoms with Gasteiger partial charge in [-0.1, -0.05) is 58.0 Å². The van der Waals surface area contributed by atoms with Crippen LogP contribution in [0.25, 0.3) is 0 Å². The van der Waals surface area contributed by atoms with E-state index < -0.39 is 29.0 Å². The molecule has 0 radical (unpaired) electrons. The topological polar surface area (TPSA) is 86.9 Å². The maximum Gasteiger partial charge on any atom is 0.247 e. The minimum absolute atomic E-state index is 0.222. The van der Waals surface area contributed by atoms with Gasteiger partial charge in [-0.15, -0.1) is 0 Å². The van der Waals surface area contributed by atoms with Crippen molar-refractivity contribution < 1.29 is 18.4 Å². The van der Waals surface area contributed by atoms with Crippen LogP contribution >= 0.6 is 0 Å². The summed E-state index contributed by atoms with van der Waals surface area (Å²) in [5, 5.41) is 12.3. The molecule has 1 aromatic heterocycles. The zero-order valence-electron chi connectivity index (χ0n) is 20.0. The summed E-state index contributed by atoms with van der Waals surface area (Å²) in [7, 11) is 0. The van der Waals surface area contributed by atoms with Crippen molar-refractivity contribution in [3.05, 3.63) is 83.1 Å². The third-order valence-electron chi connectivity index (χ3n) is 6.02. The first-order valence-electron chi connectivity index (χ1n) is 11.1. The molecule has 0 aliphatic rings. The first-order chi connectivity index (χ1) is 15.9. The Morgan fingerprint density at radius 3 is 2.21 bits per heavy atom. The number of benzene rings is 2. The van der Waals surface area contributed by atoms with Gasteiger partial charge in [-0.05, 0) is 35.6 Å². The van der Waals surface area contributed by atoms with Gasteiger partial charge in [0.05, 0.1) is 0 Å². The van der Waals surface area contributed by atoms with Crippen LogP contribution in [0.15, 0.2) is 54.6 Å². The Hall–Kier alpha value is -3.55. The van der Waals surface area contributed by atoms with Gasteiger partial charge >= 0.3 is 0 Å². The van der Waals surface area contributed by atoms with E-state index in [0.717, 1.165) is 11.6 Å². The van der Waals surface area contributed by atoms with Gasteiger partial charge in [-0.2, -0.15) is 5.10 Å². The van der Waals surface area contributed by atoms with E-state index in [1.807, 2.05) is 44.2 Å². The molecule has 3 aromatic rings. The lowest BCUT2D eigenvalue weighted by molar-refractivity contribution is -0.126. The predicted octanol–water partition coefficient (Wildman–Crippen LogP) is 4.82. The first-order valence-corrected chi connectivity index (χ1v) is 11.1. The summed E-state index contributed by atoms with van der Waals surface area (Å²) in [4.78, 5) is 25.2. The Bertz CT molecular complexity index is 1150. The Morgan fingerprint density at radius 2 is 1.59 bits per heavy atom. The van der Waals surface area contributed by atoms with E-state index in [4.69, 9.17) is 0 Å². The van der Waals surface area contributed by atoms with Crippen LogP contribution in [0.3, 0.4) is 0 Å². The minimum atomic E-state index is -0.790. The number of aromatic amines is 1. The Balaban J connectivity index is 1.62. The molecule has 0 aliphatic carbocycles. The molecule has 1 unspecified atom stereocenters. The van der Waals surface area contributed by atoms with Crippen LogP contribution < -0.4 is 10.6 Å². The zero-order valence-corrected chi connectivity index (χ0v) is 20.0. The smallest absolute Gasteiger partial charge is 0.247 e. The fourth-order valence-corrected chi connectivity index (χ4v) is 3.76. The average Bonchev–Trinajstić information content (AvgIpc) is 3.22. The van der Waals surface area contributed by atoms with Crippen molar-refractivity contribution in [2.45, 2.75) is 57.9 Å². The van der Waals surface area contributed by atoms with Crippen molar-refractivity contribution in [1.82, 2.24) is 15.5 Å². The number of hydrogen-bond acceptors (Lipinski definition) is 3. The molecular formula is C26H30F2N4O2. The molecule has 0 aliphatic heterocycles. The average molecular weight is 469 g/mol. The maximum absolute atomic E-state index is 13.7. The molecule has 3 rings (SSSR count). The molecule has 0 saturated carbocycles. The highest BCUT2D eigenvalue weighted by atomic mass is 19.1. The predicted molar refractivity (Wildman–Crippen MR) is 127 cm³/mol. The summed E-state index contributed by atoms with van der Waals surface area (Å²) in [6.45, 7) is 9.12. The summed E-state index contributed by atoms with van der Waals surface area (Å²) in [6.07, 6.45) is 0.222. The fraction of sp³-hybridized carbons (Fsp3) is 0.346. The summed E-state index contributed by atoms with van der Waals surface area (Å²) in [6, 6.07) is 13.9. The van der Waals surface area contributed by atoms with Crippen molar-refractivity contribution in [2.75, 3.05) is 5.32 Å². The zero-order chi connectivity index (χ0) is 25.1. The number of H-pyrrole nitrogens is 1. The van der Waals surface area contributed by atoms with Crippen LogP contribution in [0.5, 0.6) is 0 Å². The molecule has 8 heteroatoms. The van der Waals surface area contributed by atoms with Gasteiger partial charge < -0.3 is 10.6 Å². The molecule has 34 heavy (non-hydrogen) atoms. The van der Waals surface area contributed by atoms with Gasteiger partial charge in [0.15, 0.2) is 5.82 Å². The molecule has 1 heterocycles. The summed E-state index contributed by atoms with van der Waals surface area (Å²) >= 11 is 0. The number of nitrogens with zero attached hydrogens (tertiary/aromatic N) is 1. The lowest BCUT2D eigenvalue weighted by Gasteiger charge is -2.25. The van der Waals surface area contributed by atoms with E-state index in [9.17, 15) is 18.4 Å². The van der Waals surface area contributed by atoms with E-state index in [-0.39, 0.29) is 23.6 Å². The molecule has 0 spiro atoms. The minimum Gasteiger partial charge on any atom is -0.345 e. The van der Waals surface area contributed by atoms with Crippen molar-refractivity contribution >= 4 is 17.6 Å². The van der Waals surface area contributed by atoms with Crippen LogP contribution in [0.1, 0.15) is 57.9 Å². The first kappa shape index (κ1) is 25.1. The van der Waals surface area contributed by atoms with Crippen LogP contribution in [-0.4, -0.2) is 28.1 Å². The number of carbonyl (C=O) groups excluding carboxylic acids is 2. The molecule has 1 atom stereocenters. The van der Waals surface area contributed by atoms with Crippen LogP contribution in [0, 0.1) is 11.6 Å². The van der Waals surface area contributed by atoms with Gasteiger partial charge in [-0.3, -0.25) is 14.7 Å². The maximum atomic E-state index is 13.7. The van der Waals surface area contributed by atoms with Crippen molar-refractivity contribution in [3.8, 4) is 0 Å². The number of halogens is 2. The van der Waals surface area contributed by atoms with E-state index >= 15 is 0 Å². The number of amides is 2. The SMILES string of the molecule is CC(NC(=O)CC(C)(C)c1ccccc1)C(=O)Nc1cc(C(C)(C)c2cc(F)cc(F)c2)[nH]n1. The second-order valence-electron chi connectivity index (χ2n) is 9.66. The molecule has 180 valence electrons. The van der Waals surface area contributed by atoms with E-state index in [0.29, 0.717) is 11.3 Å². The number of carbonyl (C=O) groups is 2. The number of rotatable bonds is 8. The van der Waals surface area contributed by atoms with Crippen LogP contribution in [-0.2, 0) is 20.4 Å². The second kappa shape index (κ2) is 9.75. The number of aromatic nitrogens is 2. The lowest BCUT2D eigenvalue weighted by atomic mass is 9.81. The molecule has 0 fully saturated rings. The molecule has 6 nitrogen and oxygen atoms in total. The van der Waals surface area contributed by atoms with Crippen LogP contribution in [0.2, 0.25) is 0 Å². The van der Waals surface area contributed by atoms with Gasteiger partial charge in [0, 0.05) is 29.7 Å². The number of nitrogens with one attached hydrogen (secondary N) is 3. The van der Waals surface area contributed by atoms with E-state index in [1.165, 1.54) is 12.1 Å². The molecule has 0 saturated heterocycles. The Kier molecular flexibility index (Phi) is 7.19. The molecular weight excluding hydrogens is 438 g/mol. The summed E-state index contributed by atoms with van der Waals surface area (Å²) < 4.78 is 27.4. The quantitative estimate of drug-likeness (QED) is 0.443. The van der Waals surface area contributed by atoms with Gasteiger partial charge in [-0.25, -0.2) is 8.78 Å². The Morgan fingerprint density at radius 1 is 0.971 bits per heavy atom. The van der Waals surface area contributed by atoms with Crippen molar-refractivity contribution in [2.24, 2.45) is 0 Å². The number of hydrogen-bond donors (Lipinski definition) is 3. The van der Waals surface area contributed by atoms with Gasteiger partial charge in [0.1, 0.15) is 17.7 Å². The second-order valence-corrected chi connectivity index (χ2v) is 9.66. The van der Waals surface area contributed by atoms with Gasteiger partial charge in [0.25, 0.3) is 0 Å². The summed E-state index contributed by atoms with van der Waals surface area (Å²) in [5.74, 6) is -1.77. The normalized spacial score (nSPS) is 12.8. The largest absolute Gasteiger partial charge is 0.345 e. The van der Waals surface area contributed by atoms with Crippen molar-refractivity contribution in [3.63, 3.8) is 0 Å². The monoisotopic (exact) mass is 468 g/mol. The summed E-state index contributed by atoms with van der Waals surface area (Å²) in [5.41, 5.74) is 0.844. The molecule has 2 amide bonds. The molecule has 2 aromatic carbocycles. The third kappa shape index (κ3) is 5.87.